The molecule has 0 aliphatic rings. The summed E-state index contributed by atoms with van der Waals surface area (Å²) in [6.45, 7) is 5.35. The van der Waals surface area contributed by atoms with Crippen LogP contribution in [0.15, 0.2) is 30.3 Å². The van der Waals surface area contributed by atoms with Crippen molar-refractivity contribution in [3.63, 3.8) is 0 Å². The average Bonchev–Trinajstić information content (AvgIpc) is 2.40. The molecule has 3 N–H and O–H groups in total. The van der Waals surface area contributed by atoms with E-state index in [0.29, 0.717) is 25.6 Å². The normalized spacial score (nSPS) is 16.0. The van der Waals surface area contributed by atoms with Crippen LogP contribution in [-0.4, -0.2) is 30.5 Å². The van der Waals surface area contributed by atoms with Crippen LogP contribution in [0.5, 0.6) is 0 Å². The summed E-state index contributed by atoms with van der Waals surface area (Å²) >= 11 is 0. The second-order valence-electron chi connectivity index (χ2n) is 5.35. The van der Waals surface area contributed by atoms with Crippen molar-refractivity contribution in [2.45, 2.75) is 45.3 Å². The molecule has 0 bridgehead atoms. The van der Waals surface area contributed by atoms with E-state index in [-0.39, 0.29) is 6.04 Å². The Morgan fingerprint density at radius 1 is 1.21 bits per heavy atom. The molecule has 0 radical (unpaired) electrons. The predicted octanol–water partition coefficient (Wildman–Crippen LogP) is 2.37. The second kappa shape index (κ2) is 9.08. The fourth-order valence-electron chi connectivity index (χ4n) is 2.11. The van der Waals surface area contributed by atoms with Gasteiger partial charge in [-0.05, 0) is 24.3 Å². The second-order valence-corrected chi connectivity index (χ2v) is 5.35. The summed E-state index contributed by atoms with van der Waals surface area (Å²) in [6, 6.07) is 9.72. The molecule has 3 unspecified atom stereocenters. The first-order chi connectivity index (χ1) is 9.13. The SMILES string of the molecule is CCCC(C)COCC(O)C(N)Cc1ccccc1. The number of benzene rings is 1. The number of aliphatic hydroxyl groups is 1. The minimum absolute atomic E-state index is 0.274. The summed E-state index contributed by atoms with van der Waals surface area (Å²) in [6.07, 6.45) is 2.40. The minimum Gasteiger partial charge on any atom is -0.389 e. The van der Waals surface area contributed by atoms with E-state index in [1.54, 1.807) is 0 Å². The van der Waals surface area contributed by atoms with E-state index in [9.17, 15) is 5.11 Å². The van der Waals surface area contributed by atoms with Crippen LogP contribution in [0.4, 0.5) is 0 Å². The van der Waals surface area contributed by atoms with Gasteiger partial charge >= 0.3 is 0 Å². The highest BCUT2D eigenvalue weighted by Gasteiger charge is 2.15. The molecule has 1 rings (SSSR count). The van der Waals surface area contributed by atoms with E-state index in [1.807, 2.05) is 30.3 Å². The van der Waals surface area contributed by atoms with Gasteiger partial charge in [0, 0.05) is 12.6 Å². The van der Waals surface area contributed by atoms with Gasteiger partial charge in [0.2, 0.25) is 0 Å². The fourth-order valence-corrected chi connectivity index (χ4v) is 2.11. The Morgan fingerprint density at radius 3 is 2.53 bits per heavy atom. The Morgan fingerprint density at radius 2 is 1.89 bits per heavy atom. The molecule has 3 heteroatoms. The molecule has 0 aliphatic carbocycles. The highest BCUT2D eigenvalue weighted by molar-refractivity contribution is 5.16. The molecule has 1 aromatic rings. The van der Waals surface area contributed by atoms with Gasteiger partial charge in [-0.15, -0.1) is 0 Å². The van der Waals surface area contributed by atoms with E-state index in [2.05, 4.69) is 13.8 Å². The van der Waals surface area contributed by atoms with Gasteiger partial charge < -0.3 is 15.6 Å². The Hall–Kier alpha value is -0.900. The monoisotopic (exact) mass is 265 g/mol. The van der Waals surface area contributed by atoms with Crippen LogP contribution in [0, 0.1) is 5.92 Å². The Kier molecular flexibility index (Phi) is 7.72. The van der Waals surface area contributed by atoms with Crippen LogP contribution < -0.4 is 5.73 Å². The van der Waals surface area contributed by atoms with Crippen molar-refractivity contribution < 1.29 is 9.84 Å². The van der Waals surface area contributed by atoms with Crippen molar-refractivity contribution in [3.8, 4) is 0 Å². The lowest BCUT2D eigenvalue weighted by Gasteiger charge is -2.20. The first-order valence-electron chi connectivity index (χ1n) is 7.18. The molecule has 0 aliphatic heterocycles. The molecule has 0 saturated carbocycles. The van der Waals surface area contributed by atoms with E-state index in [4.69, 9.17) is 10.5 Å². The van der Waals surface area contributed by atoms with Crippen LogP contribution >= 0.6 is 0 Å². The quantitative estimate of drug-likeness (QED) is 0.720. The first-order valence-corrected chi connectivity index (χ1v) is 7.18. The Bertz CT molecular complexity index is 329. The zero-order valence-electron chi connectivity index (χ0n) is 12.1. The maximum Gasteiger partial charge on any atom is 0.0927 e. The van der Waals surface area contributed by atoms with Gasteiger partial charge in [-0.3, -0.25) is 0 Å². The summed E-state index contributed by atoms with van der Waals surface area (Å²) in [5, 5.41) is 9.97. The van der Waals surface area contributed by atoms with E-state index >= 15 is 0 Å². The average molecular weight is 265 g/mol. The van der Waals surface area contributed by atoms with Crippen molar-refractivity contribution in [1.82, 2.24) is 0 Å². The van der Waals surface area contributed by atoms with Crippen molar-refractivity contribution in [3.05, 3.63) is 35.9 Å². The summed E-state index contributed by atoms with van der Waals surface area (Å²) < 4.78 is 5.54. The maximum absolute atomic E-state index is 9.97. The van der Waals surface area contributed by atoms with Gasteiger partial charge in [-0.25, -0.2) is 0 Å². The summed E-state index contributed by atoms with van der Waals surface area (Å²) in [4.78, 5) is 0. The molecular weight excluding hydrogens is 238 g/mol. The maximum atomic E-state index is 9.97. The zero-order chi connectivity index (χ0) is 14.1. The Labute approximate surface area is 116 Å². The molecular formula is C16H27NO2. The summed E-state index contributed by atoms with van der Waals surface area (Å²) in [5.74, 6) is 0.544. The largest absolute Gasteiger partial charge is 0.389 e. The third-order valence-electron chi connectivity index (χ3n) is 3.28. The first kappa shape index (κ1) is 16.2. The predicted molar refractivity (Wildman–Crippen MR) is 79.0 cm³/mol. The number of aliphatic hydroxyl groups excluding tert-OH is 1. The van der Waals surface area contributed by atoms with E-state index < -0.39 is 6.10 Å². The van der Waals surface area contributed by atoms with Gasteiger partial charge in [0.15, 0.2) is 0 Å². The van der Waals surface area contributed by atoms with Gasteiger partial charge in [0.05, 0.1) is 12.7 Å². The van der Waals surface area contributed by atoms with Crippen molar-refractivity contribution in [2.24, 2.45) is 11.7 Å². The lowest BCUT2D eigenvalue weighted by Crippen LogP contribution is -2.40. The zero-order valence-corrected chi connectivity index (χ0v) is 12.1. The summed E-state index contributed by atoms with van der Waals surface area (Å²) in [7, 11) is 0. The van der Waals surface area contributed by atoms with Crippen molar-refractivity contribution in [2.75, 3.05) is 13.2 Å². The molecule has 3 nitrogen and oxygen atoms in total. The molecule has 0 saturated heterocycles. The molecule has 3 atom stereocenters. The van der Waals surface area contributed by atoms with E-state index in [1.165, 1.54) is 6.42 Å². The third kappa shape index (κ3) is 6.71. The molecule has 0 spiro atoms. The van der Waals surface area contributed by atoms with Gasteiger partial charge in [-0.1, -0.05) is 50.6 Å². The van der Waals surface area contributed by atoms with Crippen LogP contribution in [0.25, 0.3) is 0 Å². The lowest BCUT2D eigenvalue weighted by atomic mass is 10.0. The van der Waals surface area contributed by atoms with Crippen molar-refractivity contribution >= 4 is 0 Å². The fraction of sp³-hybridized carbons (Fsp3) is 0.625. The smallest absolute Gasteiger partial charge is 0.0927 e. The van der Waals surface area contributed by atoms with Crippen LogP contribution in [-0.2, 0) is 11.2 Å². The van der Waals surface area contributed by atoms with Gasteiger partial charge in [0.25, 0.3) is 0 Å². The van der Waals surface area contributed by atoms with Crippen LogP contribution in [0.3, 0.4) is 0 Å². The molecule has 19 heavy (non-hydrogen) atoms. The standard InChI is InChI=1S/C16H27NO2/c1-3-7-13(2)11-19-12-16(18)15(17)10-14-8-5-4-6-9-14/h4-6,8-9,13,15-16,18H,3,7,10-12,17H2,1-2H3. The highest BCUT2D eigenvalue weighted by atomic mass is 16.5. The van der Waals surface area contributed by atoms with Gasteiger partial charge in [-0.2, -0.15) is 0 Å². The molecule has 1 aromatic carbocycles. The van der Waals surface area contributed by atoms with E-state index in [0.717, 1.165) is 12.0 Å². The number of hydrogen-bond donors (Lipinski definition) is 2. The highest BCUT2D eigenvalue weighted by Crippen LogP contribution is 2.07. The molecule has 0 heterocycles. The number of hydrogen-bond acceptors (Lipinski definition) is 3. The Balaban J connectivity index is 2.23. The number of rotatable bonds is 9. The molecule has 0 fully saturated rings. The molecule has 0 aromatic heterocycles. The topological polar surface area (TPSA) is 55.5 Å². The lowest BCUT2D eigenvalue weighted by molar-refractivity contribution is 0.0110. The molecule has 0 amide bonds. The van der Waals surface area contributed by atoms with Crippen molar-refractivity contribution in [1.29, 1.82) is 0 Å². The number of nitrogens with two attached hydrogens (primary N) is 1. The van der Waals surface area contributed by atoms with Crippen LogP contribution in [0.1, 0.15) is 32.3 Å². The summed E-state index contributed by atoms with van der Waals surface area (Å²) in [5.41, 5.74) is 7.14. The minimum atomic E-state index is -0.603. The van der Waals surface area contributed by atoms with Gasteiger partial charge in [0.1, 0.15) is 0 Å². The third-order valence-corrected chi connectivity index (χ3v) is 3.28. The van der Waals surface area contributed by atoms with Crippen LogP contribution in [0.2, 0.25) is 0 Å². The number of ether oxygens (including phenoxy) is 1. The molecule has 108 valence electrons.